The monoisotopic (exact) mass is 457 g/mol. The average molecular weight is 458 g/mol. The van der Waals surface area contributed by atoms with Gasteiger partial charge < -0.3 is 19.9 Å². The van der Waals surface area contributed by atoms with Crippen molar-refractivity contribution in [2.75, 3.05) is 26.4 Å². The molecule has 0 aromatic carbocycles. The standard InChI is InChI=1S/C24H43NO7/c1-3-4-5-6-7-8-9-10-13-23(28)25-22(24(29)30)15-14-21(27)12-11-16-31-17-18-32-19-20(2)26/h22H,3-19H2,1-2H3,(H,25,28)(H,29,30)/t22-/m1/s1. The summed E-state index contributed by atoms with van der Waals surface area (Å²) in [7, 11) is 0. The van der Waals surface area contributed by atoms with Crippen molar-refractivity contribution < 1.29 is 33.8 Å². The van der Waals surface area contributed by atoms with E-state index in [1.54, 1.807) is 0 Å². The second-order valence-corrected chi connectivity index (χ2v) is 8.23. The first-order valence-corrected chi connectivity index (χ1v) is 12.1. The largest absolute Gasteiger partial charge is 0.480 e. The number of ether oxygens (including phenoxy) is 2. The number of Topliss-reactive ketones (excluding diaryl/α,β-unsaturated/α-hetero) is 2. The molecule has 0 aromatic rings. The summed E-state index contributed by atoms with van der Waals surface area (Å²) >= 11 is 0. The number of rotatable bonds is 23. The molecular weight excluding hydrogens is 414 g/mol. The molecule has 0 unspecified atom stereocenters. The summed E-state index contributed by atoms with van der Waals surface area (Å²) in [6.45, 7) is 4.78. The van der Waals surface area contributed by atoms with Crippen molar-refractivity contribution in [3.63, 3.8) is 0 Å². The van der Waals surface area contributed by atoms with Crippen molar-refractivity contribution in [1.29, 1.82) is 0 Å². The fourth-order valence-electron chi connectivity index (χ4n) is 3.18. The topological polar surface area (TPSA) is 119 Å². The summed E-state index contributed by atoms with van der Waals surface area (Å²) in [4.78, 5) is 46.1. The Balaban J connectivity index is 3.82. The highest BCUT2D eigenvalue weighted by Gasteiger charge is 2.20. The molecule has 0 aliphatic rings. The minimum Gasteiger partial charge on any atom is -0.480 e. The predicted octanol–water partition coefficient (Wildman–Crippen LogP) is 3.84. The summed E-state index contributed by atoms with van der Waals surface area (Å²) in [6, 6.07) is -1.03. The number of amides is 1. The Hall–Kier alpha value is -1.80. The fourth-order valence-corrected chi connectivity index (χ4v) is 3.18. The van der Waals surface area contributed by atoms with Crippen LogP contribution < -0.4 is 5.32 Å². The predicted molar refractivity (Wildman–Crippen MR) is 123 cm³/mol. The van der Waals surface area contributed by atoms with Crippen molar-refractivity contribution in [2.24, 2.45) is 0 Å². The van der Waals surface area contributed by atoms with Crippen LogP contribution >= 0.6 is 0 Å². The van der Waals surface area contributed by atoms with Gasteiger partial charge in [0.1, 0.15) is 18.4 Å². The molecule has 0 aliphatic carbocycles. The molecule has 0 spiro atoms. The van der Waals surface area contributed by atoms with E-state index in [9.17, 15) is 24.3 Å². The lowest BCUT2D eigenvalue weighted by Crippen LogP contribution is -2.41. The maximum Gasteiger partial charge on any atom is 0.326 e. The Morgan fingerprint density at radius 3 is 2.03 bits per heavy atom. The summed E-state index contributed by atoms with van der Waals surface area (Å²) in [5.41, 5.74) is 0. The second kappa shape index (κ2) is 21.1. The third-order valence-corrected chi connectivity index (χ3v) is 5.02. The maximum atomic E-state index is 12.0. The minimum absolute atomic E-state index is 0.0420. The molecule has 2 N–H and O–H groups in total. The summed E-state index contributed by atoms with van der Waals surface area (Å²) in [5.74, 6) is -1.48. The first-order valence-electron chi connectivity index (χ1n) is 12.1. The average Bonchev–Trinajstić information content (AvgIpc) is 2.74. The molecule has 8 heteroatoms. The van der Waals surface area contributed by atoms with E-state index in [4.69, 9.17) is 9.47 Å². The minimum atomic E-state index is -1.11. The van der Waals surface area contributed by atoms with Gasteiger partial charge in [0.15, 0.2) is 5.78 Å². The Kier molecular flexibility index (Phi) is 19.9. The van der Waals surface area contributed by atoms with Crippen LogP contribution in [-0.4, -0.2) is 61.0 Å². The molecule has 0 bridgehead atoms. The Bertz CT molecular complexity index is 536. The molecule has 32 heavy (non-hydrogen) atoms. The van der Waals surface area contributed by atoms with Gasteiger partial charge in [-0.15, -0.1) is 0 Å². The van der Waals surface area contributed by atoms with E-state index in [1.165, 1.54) is 39.0 Å². The van der Waals surface area contributed by atoms with Crippen molar-refractivity contribution in [3.8, 4) is 0 Å². The van der Waals surface area contributed by atoms with E-state index >= 15 is 0 Å². The molecular formula is C24H43NO7. The first kappa shape index (κ1) is 30.2. The van der Waals surface area contributed by atoms with Crippen LogP contribution in [0.5, 0.6) is 0 Å². The second-order valence-electron chi connectivity index (χ2n) is 8.23. The van der Waals surface area contributed by atoms with Crippen LogP contribution in [0.25, 0.3) is 0 Å². The quantitative estimate of drug-likeness (QED) is 0.224. The summed E-state index contributed by atoms with van der Waals surface area (Å²) < 4.78 is 10.4. The number of carbonyl (C=O) groups excluding carboxylic acids is 3. The van der Waals surface area contributed by atoms with Crippen molar-refractivity contribution in [3.05, 3.63) is 0 Å². The van der Waals surface area contributed by atoms with Crippen LogP contribution in [0.3, 0.4) is 0 Å². The number of hydrogen-bond acceptors (Lipinski definition) is 6. The number of carbonyl (C=O) groups is 4. The zero-order valence-corrected chi connectivity index (χ0v) is 20.0. The molecule has 0 aliphatic heterocycles. The normalized spacial score (nSPS) is 11.8. The van der Waals surface area contributed by atoms with E-state index in [1.807, 2.05) is 0 Å². The molecule has 0 fully saturated rings. The Labute approximate surface area is 192 Å². The van der Waals surface area contributed by atoms with Crippen LogP contribution in [0, 0.1) is 0 Å². The lowest BCUT2D eigenvalue weighted by atomic mass is 10.0. The molecule has 0 radical (unpaired) electrons. The van der Waals surface area contributed by atoms with Gasteiger partial charge in [0, 0.05) is 25.9 Å². The number of carboxylic acid groups (broad SMARTS) is 1. The lowest BCUT2D eigenvalue weighted by Gasteiger charge is -2.14. The number of hydrogen-bond donors (Lipinski definition) is 2. The highest BCUT2D eigenvalue weighted by Crippen LogP contribution is 2.10. The third kappa shape index (κ3) is 20.1. The van der Waals surface area contributed by atoms with Crippen LogP contribution in [0.4, 0.5) is 0 Å². The van der Waals surface area contributed by atoms with E-state index in [0.717, 1.165) is 19.3 Å². The van der Waals surface area contributed by atoms with Gasteiger partial charge in [0.25, 0.3) is 0 Å². The smallest absolute Gasteiger partial charge is 0.326 e. The number of nitrogens with one attached hydrogen (secondary N) is 1. The fraction of sp³-hybridized carbons (Fsp3) is 0.833. The van der Waals surface area contributed by atoms with Crippen LogP contribution in [0.1, 0.15) is 97.3 Å². The number of ketones is 2. The molecule has 1 amide bonds. The van der Waals surface area contributed by atoms with Crippen molar-refractivity contribution in [2.45, 2.75) is 103 Å². The molecule has 0 rings (SSSR count). The van der Waals surface area contributed by atoms with Crippen LogP contribution in [-0.2, 0) is 28.7 Å². The Morgan fingerprint density at radius 1 is 0.781 bits per heavy atom. The number of carboxylic acids is 1. The third-order valence-electron chi connectivity index (χ3n) is 5.02. The molecule has 186 valence electrons. The zero-order chi connectivity index (χ0) is 24.0. The van der Waals surface area contributed by atoms with Gasteiger partial charge in [0.2, 0.25) is 5.91 Å². The number of aliphatic carboxylic acids is 1. The van der Waals surface area contributed by atoms with Crippen molar-refractivity contribution in [1.82, 2.24) is 5.32 Å². The SMILES string of the molecule is CCCCCCCCCCC(=O)N[C@H](CCC(=O)CCCOCCOCC(C)=O)C(=O)O. The molecule has 0 aromatic heterocycles. The van der Waals surface area contributed by atoms with Gasteiger partial charge in [-0.25, -0.2) is 4.79 Å². The summed E-state index contributed by atoms with van der Waals surface area (Å²) in [6.07, 6.45) is 10.4. The molecule has 0 saturated carbocycles. The zero-order valence-electron chi connectivity index (χ0n) is 20.0. The highest BCUT2D eigenvalue weighted by molar-refractivity contribution is 5.84. The van der Waals surface area contributed by atoms with Crippen LogP contribution in [0.2, 0.25) is 0 Å². The van der Waals surface area contributed by atoms with Gasteiger partial charge in [-0.2, -0.15) is 0 Å². The highest BCUT2D eigenvalue weighted by atomic mass is 16.5. The van der Waals surface area contributed by atoms with Gasteiger partial charge in [0.05, 0.1) is 13.2 Å². The number of unbranched alkanes of at least 4 members (excludes halogenated alkanes) is 7. The van der Waals surface area contributed by atoms with Gasteiger partial charge >= 0.3 is 5.97 Å². The van der Waals surface area contributed by atoms with E-state index < -0.39 is 12.0 Å². The van der Waals surface area contributed by atoms with Gasteiger partial charge in [-0.3, -0.25) is 14.4 Å². The van der Waals surface area contributed by atoms with E-state index in [0.29, 0.717) is 39.1 Å². The molecule has 0 heterocycles. The van der Waals surface area contributed by atoms with Gasteiger partial charge in [-0.05, 0) is 26.2 Å². The lowest BCUT2D eigenvalue weighted by molar-refractivity contribution is -0.142. The molecule has 1 atom stereocenters. The van der Waals surface area contributed by atoms with Crippen LogP contribution in [0.15, 0.2) is 0 Å². The Morgan fingerprint density at radius 2 is 1.41 bits per heavy atom. The molecule has 8 nitrogen and oxygen atoms in total. The maximum absolute atomic E-state index is 12.0. The van der Waals surface area contributed by atoms with Gasteiger partial charge in [-0.1, -0.05) is 51.9 Å². The first-order chi connectivity index (χ1) is 15.4. The van der Waals surface area contributed by atoms with E-state index in [-0.39, 0.29) is 36.9 Å². The summed E-state index contributed by atoms with van der Waals surface area (Å²) in [5, 5.41) is 11.9. The molecule has 0 saturated heterocycles. The van der Waals surface area contributed by atoms with E-state index in [2.05, 4.69) is 12.2 Å². The van der Waals surface area contributed by atoms with Crippen molar-refractivity contribution >= 4 is 23.4 Å².